The number of nitrogens with zero attached hydrogens (tertiary/aromatic N) is 1. The number of hydrogen-bond acceptors (Lipinski definition) is 5. The minimum Gasteiger partial charge on any atom is -0.496 e. The van der Waals surface area contributed by atoms with Crippen LogP contribution in [0.25, 0.3) is 0 Å². The molecule has 0 aliphatic carbocycles. The van der Waals surface area contributed by atoms with Gasteiger partial charge in [-0.25, -0.2) is 0 Å². The molecule has 0 spiro atoms. The number of hydrogen-bond donors (Lipinski definition) is 1. The molecular weight excluding hydrogens is 236 g/mol. The van der Waals surface area contributed by atoms with E-state index >= 15 is 0 Å². The zero-order valence-electron chi connectivity index (χ0n) is 10.8. The van der Waals surface area contributed by atoms with Crippen LogP contribution in [-0.4, -0.2) is 31.8 Å². The highest BCUT2D eigenvalue weighted by molar-refractivity contribution is 5.64. The lowest BCUT2D eigenvalue weighted by Gasteiger charge is -2.15. The van der Waals surface area contributed by atoms with Gasteiger partial charge in [-0.2, -0.15) is 0 Å². The predicted molar refractivity (Wildman–Crippen MR) is 69.2 cm³/mol. The van der Waals surface area contributed by atoms with Gasteiger partial charge in [-0.15, -0.1) is 0 Å². The van der Waals surface area contributed by atoms with Gasteiger partial charge in [0.1, 0.15) is 11.4 Å². The van der Waals surface area contributed by atoms with E-state index in [4.69, 9.17) is 9.47 Å². The topological polar surface area (TPSA) is 73.6 Å². The average Bonchev–Trinajstić information content (AvgIpc) is 2.36. The minimum absolute atomic E-state index is 0.0126. The molecule has 0 saturated carbocycles. The van der Waals surface area contributed by atoms with Gasteiger partial charge in [0.05, 0.1) is 18.1 Å². The van der Waals surface area contributed by atoms with Gasteiger partial charge in [-0.1, -0.05) is 0 Å². The van der Waals surface area contributed by atoms with Gasteiger partial charge in [0.2, 0.25) is 0 Å². The first-order valence-corrected chi connectivity index (χ1v) is 5.66. The Balaban J connectivity index is 2.84. The van der Waals surface area contributed by atoms with Crippen molar-refractivity contribution in [3.05, 3.63) is 28.3 Å². The number of ether oxygens (including phenoxy) is 2. The maximum Gasteiger partial charge on any atom is 0.296 e. The molecule has 1 unspecified atom stereocenters. The molecule has 6 nitrogen and oxygen atoms in total. The van der Waals surface area contributed by atoms with Crippen LogP contribution in [0.2, 0.25) is 0 Å². The lowest BCUT2D eigenvalue weighted by molar-refractivity contribution is -0.384. The number of methoxy groups -OCH3 is 2. The molecule has 1 aromatic rings. The van der Waals surface area contributed by atoms with Crippen LogP contribution < -0.4 is 10.1 Å². The summed E-state index contributed by atoms with van der Waals surface area (Å²) in [5.41, 5.74) is 0.503. The van der Waals surface area contributed by atoms with Crippen LogP contribution in [0.5, 0.6) is 5.75 Å². The first kappa shape index (κ1) is 14.2. The van der Waals surface area contributed by atoms with Crippen molar-refractivity contribution in [3.8, 4) is 5.75 Å². The van der Waals surface area contributed by atoms with E-state index in [-0.39, 0.29) is 11.7 Å². The van der Waals surface area contributed by atoms with Crippen LogP contribution in [0.15, 0.2) is 18.2 Å². The van der Waals surface area contributed by atoms with E-state index in [0.717, 1.165) is 6.42 Å². The van der Waals surface area contributed by atoms with Crippen molar-refractivity contribution in [1.82, 2.24) is 0 Å². The summed E-state index contributed by atoms with van der Waals surface area (Å²) in [6.07, 6.45) is 0.777. The second kappa shape index (κ2) is 6.80. The summed E-state index contributed by atoms with van der Waals surface area (Å²) < 4.78 is 9.95. The van der Waals surface area contributed by atoms with Crippen LogP contribution >= 0.6 is 0 Å². The van der Waals surface area contributed by atoms with Crippen LogP contribution in [0, 0.1) is 10.1 Å². The second-order valence-electron chi connectivity index (χ2n) is 3.97. The van der Waals surface area contributed by atoms with Gasteiger partial charge in [0.15, 0.2) is 0 Å². The Hall–Kier alpha value is -1.82. The summed E-state index contributed by atoms with van der Waals surface area (Å²) in [5.74, 6) is 0.469. The summed E-state index contributed by atoms with van der Waals surface area (Å²) in [4.78, 5) is 10.5. The predicted octanol–water partition coefficient (Wildman–Crippen LogP) is 2.44. The van der Waals surface area contributed by atoms with Gasteiger partial charge in [-0.3, -0.25) is 10.1 Å². The highest BCUT2D eigenvalue weighted by atomic mass is 16.6. The van der Waals surface area contributed by atoms with Crippen molar-refractivity contribution in [2.45, 2.75) is 19.4 Å². The number of rotatable bonds is 7. The summed E-state index contributed by atoms with van der Waals surface area (Å²) in [7, 11) is 3.11. The van der Waals surface area contributed by atoms with Gasteiger partial charge < -0.3 is 14.8 Å². The Kier molecular flexibility index (Phi) is 5.38. The molecule has 0 aliphatic heterocycles. The smallest absolute Gasteiger partial charge is 0.296 e. The molecule has 100 valence electrons. The van der Waals surface area contributed by atoms with E-state index in [1.165, 1.54) is 13.2 Å². The summed E-state index contributed by atoms with van der Waals surface area (Å²) in [6, 6.07) is 4.85. The molecule has 0 radical (unpaired) electrons. The number of nitrogens with one attached hydrogen (secondary N) is 1. The molecule has 18 heavy (non-hydrogen) atoms. The average molecular weight is 254 g/mol. The van der Waals surface area contributed by atoms with Crippen LogP contribution in [-0.2, 0) is 4.74 Å². The Morgan fingerprint density at radius 2 is 2.17 bits per heavy atom. The van der Waals surface area contributed by atoms with E-state index in [1.807, 2.05) is 6.92 Å². The third-order valence-electron chi connectivity index (χ3n) is 2.56. The number of anilines is 1. The van der Waals surface area contributed by atoms with E-state index in [9.17, 15) is 10.1 Å². The number of nitro groups is 1. The fraction of sp³-hybridized carbons (Fsp3) is 0.500. The van der Waals surface area contributed by atoms with Gasteiger partial charge in [-0.05, 0) is 25.5 Å². The molecule has 0 aliphatic rings. The normalized spacial score (nSPS) is 11.9. The monoisotopic (exact) mass is 254 g/mol. The zero-order chi connectivity index (χ0) is 13.5. The molecule has 0 saturated heterocycles. The third-order valence-corrected chi connectivity index (χ3v) is 2.56. The van der Waals surface area contributed by atoms with E-state index < -0.39 is 4.92 Å². The molecule has 1 N–H and O–H groups in total. The standard InChI is InChI=1S/C12H18N2O4/c1-9(6-7-17-2)13-11-5-4-10(18-3)8-12(11)14(15)16/h4-5,8-9,13H,6-7H2,1-3H3. The molecule has 1 rings (SSSR count). The van der Waals surface area contributed by atoms with Crippen LogP contribution in [0.3, 0.4) is 0 Å². The molecular formula is C12H18N2O4. The molecule has 1 aromatic carbocycles. The van der Waals surface area contributed by atoms with Gasteiger partial charge in [0, 0.05) is 19.8 Å². The molecule has 0 heterocycles. The fourth-order valence-corrected chi connectivity index (χ4v) is 1.54. The highest BCUT2D eigenvalue weighted by Gasteiger charge is 2.16. The summed E-state index contributed by atoms with van der Waals surface area (Å²) in [5, 5.41) is 14.1. The maximum atomic E-state index is 11.0. The second-order valence-corrected chi connectivity index (χ2v) is 3.97. The van der Waals surface area contributed by atoms with Crippen molar-refractivity contribution in [3.63, 3.8) is 0 Å². The molecule has 1 atom stereocenters. The summed E-state index contributed by atoms with van der Waals surface area (Å²) in [6.45, 7) is 2.56. The lowest BCUT2D eigenvalue weighted by Crippen LogP contribution is -2.17. The number of benzene rings is 1. The van der Waals surface area contributed by atoms with Gasteiger partial charge >= 0.3 is 0 Å². The SMILES string of the molecule is COCCC(C)Nc1ccc(OC)cc1[N+](=O)[O-]. The minimum atomic E-state index is -0.423. The van der Waals surface area contributed by atoms with Crippen molar-refractivity contribution >= 4 is 11.4 Å². The Labute approximate surface area is 106 Å². The van der Waals surface area contributed by atoms with E-state index in [2.05, 4.69) is 5.32 Å². The Morgan fingerprint density at radius 1 is 1.44 bits per heavy atom. The maximum absolute atomic E-state index is 11.0. The van der Waals surface area contributed by atoms with E-state index in [1.54, 1.807) is 19.2 Å². The molecule has 6 heteroatoms. The summed E-state index contributed by atoms with van der Waals surface area (Å²) >= 11 is 0. The lowest BCUT2D eigenvalue weighted by atomic mass is 10.2. The zero-order valence-corrected chi connectivity index (χ0v) is 10.8. The van der Waals surface area contributed by atoms with Gasteiger partial charge in [0.25, 0.3) is 5.69 Å². The van der Waals surface area contributed by atoms with Crippen LogP contribution in [0.4, 0.5) is 11.4 Å². The third kappa shape index (κ3) is 3.89. The Bertz CT molecular complexity index is 409. The molecule has 0 amide bonds. The van der Waals surface area contributed by atoms with Crippen molar-refractivity contribution < 1.29 is 14.4 Å². The van der Waals surface area contributed by atoms with Crippen molar-refractivity contribution in [2.24, 2.45) is 0 Å². The first-order valence-electron chi connectivity index (χ1n) is 5.66. The van der Waals surface area contributed by atoms with E-state index in [0.29, 0.717) is 18.0 Å². The first-order chi connectivity index (χ1) is 8.58. The number of nitro benzene ring substituents is 1. The van der Waals surface area contributed by atoms with Crippen molar-refractivity contribution in [1.29, 1.82) is 0 Å². The molecule has 0 bridgehead atoms. The Morgan fingerprint density at radius 3 is 2.72 bits per heavy atom. The van der Waals surface area contributed by atoms with Crippen LogP contribution in [0.1, 0.15) is 13.3 Å². The molecule has 0 aromatic heterocycles. The molecule has 0 fully saturated rings. The largest absolute Gasteiger partial charge is 0.496 e. The van der Waals surface area contributed by atoms with Crippen molar-refractivity contribution in [2.75, 3.05) is 26.1 Å². The quantitative estimate of drug-likeness (QED) is 0.597. The highest BCUT2D eigenvalue weighted by Crippen LogP contribution is 2.29. The fourth-order valence-electron chi connectivity index (χ4n) is 1.54.